The number of likely N-dealkylation sites (N-methyl/N-ethyl adjacent to an activating group) is 1. The van der Waals surface area contributed by atoms with Crippen LogP contribution in [0.4, 0.5) is 11.4 Å². The summed E-state index contributed by atoms with van der Waals surface area (Å²) < 4.78 is 26.1. The lowest BCUT2D eigenvalue weighted by Gasteiger charge is -2.31. The Hall–Kier alpha value is -3.47. The standard InChI is InChI=1S/C23H30N4O6S/c1-6-24-23(29)18(4)25(14-19-9-7-8-16(2)12-19)22(28)15-26(34(5,32)33)21-13-20(27(30)31)11-10-17(21)3/h7-13,18H,6,14-15H2,1-5H3,(H,24,29). The number of hydrogen-bond donors (Lipinski definition) is 1. The van der Waals surface area contributed by atoms with Crippen LogP contribution in [0.25, 0.3) is 0 Å². The highest BCUT2D eigenvalue weighted by molar-refractivity contribution is 7.92. The molecule has 0 fully saturated rings. The SMILES string of the molecule is CCNC(=O)C(C)N(Cc1cccc(C)c1)C(=O)CN(c1cc([N+](=O)[O-])ccc1C)S(C)(=O)=O. The molecule has 184 valence electrons. The van der Waals surface area contributed by atoms with Crippen LogP contribution < -0.4 is 9.62 Å². The first kappa shape index (κ1) is 26.8. The van der Waals surface area contributed by atoms with Crippen LogP contribution in [0.2, 0.25) is 0 Å². The van der Waals surface area contributed by atoms with Gasteiger partial charge in [0.1, 0.15) is 12.6 Å². The van der Waals surface area contributed by atoms with E-state index in [1.807, 2.05) is 31.2 Å². The molecule has 1 atom stereocenters. The van der Waals surface area contributed by atoms with E-state index in [1.54, 1.807) is 20.8 Å². The van der Waals surface area contributed by atoms with Gasteiger partial charge in [-0.25, -0.2) is 8.42 Å². The fourth-order valence-electron chi connectivity index (χ4n) is 3.49. The number of carbonyl (C=O) groups is 2. The maximum atomic E-state index is 13.4. The van der Waals surface area contributed by atoms with E-state index in [0.29, 0.717) is 12.1 Å². The third-order valence-corrected chi connectivity index (χ3v) is 6.43. The number of nitrogens with one attached hydrogen (secondary N) is 1. The van der Waals surface area contributed by atoms with E-state index in [9.17, 15) is 28.1 Å². The Morgan fingerprint density at radius 2 is 1.82 bits per heavy atom. The van der Waals surface area contributed by atoms with Gasteiger partial charge in [-0.2, -0.15) is 0 Å². The van der Waals surface area contributed by atoms with Crippen molar-refractivity contribution < 1.29 is 22.9 Å². The zero-order chi connectivity index (χ0) is 25.6. The molecule has 2 aromatic rings. The number of nitro benzene ring substituents is 1. The molecule has 0 aliphatic rings. The van der Waals surface area contributed by atoms with Crippen LogP contribution >= 0.6 is 0 Å². The van der Waals surface area contributed by atoms with Gasteiger partial charge in [0.25, 0.3) is 5.69 Å². The van der Waals surface area contributed by atoms with E-state index >= 15 is 0 Å². The predicted octanol–water partition coefficient (Wildman–Crippen LogP) is 2.53. The van der Waals surface area contributed by atoms with Crippen molar-refractivity contribution in [2.24, 2.45) is 0 Å². The van der Waals surface area contributed by atoms with Crippen LogP contribution in [0.5, 0.6) is 0 Å². The molecular weight excluding hydrogens is 460 g/mol. The Kier molecular flexibility index (Phi) is 8.74. The first-order valence-electron chi connectivity index (χ1n) is 10.7. The number of anilines is 1. The Balaban J connectivity index is 2.48. The molecule has 2 aromatic carbocycles. The topological polar surface area (TPSA) is 130 Å². The minimum atomic E-state index is -3.98. The number of nitrogens with zero attached hydrogens (tertiary/aromatic N) is 3. The van der Waals surface area contributed by atoms with Crippen LogP contribution in [-0.4, -0.2) is 55.4 Å². The average molecular weight is 491 g/mol. The lowest BCUT2D eigenvalue weighted by molar-refractivity contribution is -0.384. The third-order valence-electron chi connectivity index (χ3n) is 5.31. The van der Waals surface area contributed by atoms with Gasteiger partial charge >= 0.3 is 0 Å². The highest BCUT2D eigenvalue weighted by Gasteiger charge is 2.31. The molecule has 0 heterocycles. The van der Waals surface area contributed by atoms with Gasteiger partial charge in [-0.1, -0.05) is 35.9 Å². The van der Waals surface area contributed by atoms with E-state index < -0.39 is 33.4 Å². The largest absolute Gasteiger partial charge is 0.355 e. The average Bonchev–Trinajstić information content (AvgIpc) is 2.75. The van der Waals surface area contributed by atoms with Gasteiger partial charge < -0.3 is 10.2 Å². The Labute approximate surface area is 199 Å². The Morgan fingerprint density at radius 3 is 2.38 bits per heavy atom. The third kappa shape index (κ3) is 6.77. The van der Waals surface area contributed by atoms with Gasteiger partial charge in [0.2, 0.25) is 21.8 Å². The van der Waals surface area contributed by atoms with Crippen LogP contribution in [-0.2, 0) is 26.2 Å². The van der Waals surface area contributed by atoms with Crippen molar-refractivity contribution in [1.82, 2.24) is 10.2 Å². The number of amides is 2. The fourth-order valence-corrected chi connectivity index (χ4v) is 4.39. The molecule has 2 amide bonds. The monoisotopic (exact) mass is 490 g/mol. The quantitative estimate of drug-likeness (QED) is 0.402. The normalized spacial score (nSPS) is 12.0. The molecule has 0 bridgehead atoms. The number of non-ortho nitro benzene ring substituents is 1. The van der Waals surface area contributed by atoms with Gasteiger partial charge in [-0.15, -0.1) is 0 Å². The second-order valence-electron chi connectivity index (χ2n) is 8.08. The number of nitro groups is 1. The zero-order valence-electron chi connectivity index (χ0n) is 19.9. The smallest absolute Gasteiger partial charge is 0.271 e. The minimum absolute atomic E-state index is 0.0335. The molecule has 1 N–H and O–H groups in total. The van der Waals surface area contributed by atoms with Gasteiger partial charge in [-0.3, -0.25) is 24.0 Å². The highest BCUT2D eigenvalue weighted by atomic mass is 32.2. The number of aryl methyl sites for hydroxylation is 2. The first-order chi connectivity index (χ1) is 15.8. The molecule has 1 unspecified atom stereocenters. The summed E-state index contributed by atoms with van der Waals surface area (Å²) in [7, 11) is -3.98. The van der Waals surface area contributed by atoms with Gasteiger partial charge in [0.05, 0.1) is 16.9 Å². The summed E-state index contributed by atoms with van der Waals surface area (Å²) in [6.45, 7) is 6.68. The molecule has 34 heavy (non-hydrogen) atoms. The first-order valence-corrected chi connectivity index (χ1v) is 12.6. The van der Waals surface area contributed by atoms with Crippen LogP contribution in [0.1, 0.15) is 30.5 Å². The molecule has 2 rings (SSSR count). The zero-order valence-corrected chi connectivity index (χ0v) is 20.8. The Morgan fingerprint density at radius 1 is 1.15 bits per heavy atom. The van der Waals surface area contributed by atoms with Gasteiger partial charge in [-0.05, 0) is 38.8 Å². The van der Waals surface area contributed by atoms with Crippen molar-refractivity contribution in [1.29, 1.82) is 0 Å². The molecule has 10 nitrogen and oxygen atoms in total. The van der Waals surface area contributed by atoms with E-state index in [1.165, 1.54) is 17.0 Å². The lowest BCUT2D eigenvalue weighted by atomic mass is 10.1. The van der Waals surface area contributed by atoms with E-state index in [0.717, 1.165) is 27.8 Å². The predicted molar refractivity (Wildman–Crippen MR) is 130 cm³/mol. The van der Waals surface area contributed by atoms with E-state index in [4.69, 9.17) is 0 Å². The Bertz CT molecular complexity index is 1180. The summed E-state index contributed by atoms with van der Waals surface area (Å²) in [5, 5.41) is 13.9. The second kappa shape index (κ2) is 11.1. The fraction of sp³-hybridized carbons (Fsp3) is 0.391. The summed E-state index contributed by atoms with van der Waals surface area (Å²) in [5.74, 6) is -0.988. The van der Waals surface area contributed by atoms with Crippen molar-refractivity contribution in [2.75, 3.05) is 23.7 Å². The second-order valence-corrected chi connectivity index (χ2v) is 9.99. The maximum Gasteiger partial charge on any atom is 0.271 e. The van der Waals surface area contributed by atoms with Crippen LogP contribution in [0, 0.1) is 24.0 Å². The number of carbonyl (C=O) groups excluding carboxylic acids is 2. The molecule has 0 aliphatic heterocycles. The summed E-state index contributed by atoms with van der Waals surface area (Å²) in [6, 6.07) is 10.4. The maximum absolute atomic E-state index is 13.4. The summed E-state index contributed by atoms with van der Waals surface area (Å²) >= 11 is 0. The van der Waals surface area contributed by atoms with Gasteiger partial charge in [0, 0.05) is 25.2 Å². The van der Waals surface area contributed by atoms with Crippen molar-refractivity contribution in [3.05, 3.63) is 69.3 Å². The number of rotatable bonds is 10. The van der Waals surface area contributed by atoms with Gasteiger partial charge in [0.15, 0.2) is 0 Å². The molecule has 0 aromatic heterocycles. The summed E-state index contributed by atoms with van der Waals surface area (Å²) in [5.41, 5.74) is 1.94. The molecule has 0 saturated carbocycles. The van der Waals surface area contributed by atoms with E-state index in [-0.39, 0.29) is 23.8 Å². The van der Waals surface area contributed by atoms with Crippen molar-refractivity contribution in [3.63, 3.8) is 0 Å². The van der Waals surface area contributed by atoms with Crippen molar-refractivity contribution in [2.45, 2.75) is 40.3 Å². The number of hydrogen-bond acceptors (Lipinski definition) is 6. The molecular formula is C23H30N4O6S. The molecule has 0 saturated heterocycles. The molecule has 0 aliphatic carbocycles. The lowest BCUT2D eigenvalue weighted by Crippen LogP contribution is -2.51. The van der Waals surface area contributed by atoms with Crippen molar-refractivity contribution >= 4 is 33.2 Å². The number of sulfonamides is 1. The minimum Gasteiger partial charge on any atom is -0.355 e. The highest BCUT2D eigenvalue weighted by Crippen LogP contribution is 2.28. The molecule has 11 heteroatoms. The van der Waals surface area contributed by atoms with Crippen LogP contribution in [0.15, 0.2) is 42.5 Å². The van der Waals surface area contributed by atoms with Crippen LogP contribution in [0.3, 0.4) is 0 Å². The molecule has 0 spiro atoms. The molecule has 0 radical (unpaired) electrons. The number of benzene rings is 2. The summed E-state index contributed by atoms with van der Waals surface area (Å²) in [6.07, 6.45) is 0.927. The van der Waals surface area contributed by atoms with Crippen molar-refractivity contribution in [3.8, 4) is 0 Å². The van der Waals surface area contributed by atoms with E-state index in [2.05, 4.69) is 5.32 Å². The summed E-state index contributed by atoms with van der Waals surface area (Å²) in [4.78, 5) is 37.9.